The minimum atomic E-state index is -4.84. The molecule has 0 radical (unpaired) electrons. The fraction of sp³-hybridized carbons (Fsp3) is 0.391. The Balaban J connectivity index is 1.66. The summed E-state index contributed by atoms with van der Waals surface area (Å²) in [5.74, 6) is -3.57. The number of anilines is 1. The highest BCUT2D eigenvalue weighted by Gasteiger charge is 2.44. The molecule has 0 atom stereocenters. The van der Waals surface area contributed by atoms with Gasteiger partial charge in [0.05, 0.1) is 25.4 Å². The Morgan fingerprint density at radius 1 is 1.11 bits per heavy atom. The van der Waals surface area contributed by atoms with E-state index in [1.165, 1.54) is 32.7 Å². The molecule has 1 aliphatic heterocycles. The summed E-state index contributed by atoms with van der Waals surface area (Å²) in [6, 6.07) is 11.2. The van der Waals surface area contributed by atoms with E-state index < -0.39 is 41.1 Å². The largest absolute Gasteiger partial charge is 0.573 e. The van der Waals surface area contributed by atoms with E-state index in [9.17, 15) is 30.4 Å². The van der Waals surface area contributed by atoms with Crippen molar-refractivity contribution in [2.45, 2.75) is 32.7 Å². The highest BCUT2D eigenvalue weighted by atomic mass is 32.2. The molecule has 4 rings (SSSR count). The molecule has 3 aromatic rings. The van der Waals surface area contributed by atoms with E-state index >= 15 is 0 Å². The summed E-state index contributed by atoms with van der Waals surface area (Å²) in [7, 11) is -3.96. The quantitative estimate of drug-likeness (QED) is 0.348. The van der Waals surface area contributed by atoms with Crippen molar-refractivity contribution in [2.24, 2.45) is 0 Å². The lowest BCUT2D eigenvalue weighted by atomic mass is 10.1. The van der Waals surface area contributed by atoms with Crippen LogP contribution in [0.25, 0.3) is 10.1 Å². The molecule has 0 bridgehead atoms. The average molecular weight is 535 g/mol. The van der Waals surface area contributed by atoms with E-state index in [0.29, 0.717) is 16.1 Å². The SMILES string of the molecule is Cc1cc(OC(F)(F)F)ccc1CN(c1sc2ccccc2c1C)S(=O)(=O)CCN1CC(F)(F)C1. The first-order valence-corrected chi connectivity index (χ1v) is 13.1. The van der Waals surface area contributed by atoms with Crippen molar-refractivity contribution >= 4 is 36.4 Å². The minimum absolute atomic E-state index is 0.0459. The number of rotatable bonds is 8. The Kier molecular flexibility index (Phi) is 6.75. The maximum atomic E-state index is 13.5. The summed E-state index contributed by atoms with van der Waals surface area (Å²) in [5, 5.41) is 1.37. The summed E-state index contributed by atoms with van der Waals surface area (Å²) in [6.45, 7) is 2.25. The Morgan fingerprint density at radius 3 is 2.40 bits per heavy atom. The number of halogens is 5. The first-order chi connectivity index (χ1) is 16.2. The molecule has 0 amide bonds. The third-order valence-electron chi connectivity index (χ3n) is 5.82. The summed E-state index contributed by atoms with van der Waals surface area (Å²) in [5.41, 5.74) is 1.67. The van der Waals surface area contributed by atoms with E-state index in [4.69, 9.17) is 0 Å². The summed E-state index contributed by atoms with van der Waals surface area (Å²) < 4.78 is 97.2. The second kappa shape index (κ2) is 9.21. The lowest BCUT2D eigenvalue weighted by Crippen LogP contribution is -2.57. The first kappa shape index (κ1) is 25.6. The van der Waals surface area contributed by atoms with Crippen molar-refractivity contribution in [2.75, 3.05) is 29.7 Å². The van der Waals surface area contributed by atoms with Crippen molar-refractivity contribution in [3.8, 4) is 5.75 Å². The molecule has 0 spiro atoms. The second-order valence-corrected chi connectivity index (χ2v) is 11.6. The van der Waals surface area contributed by atoms with Gasteiger partial charge in [-0.1, -0.05) is 24.3 Å². The van der Waals surface area contributed by atoms with Gasteiger partial charge in [0.25, 0.3) is 5.92 Å². The second-order valence-electron chi connectivity index (χ2n) is 8.55. The van der Waals surface area contributed by atoms with Gasteiger partial charge >= 0.3 is 6.36 Å². The standard InChI is InChI=1S/C23H23F5N2O3S2/c1-15-11-18(33-23(26,27)28)8-7-17(15)12-30(21-16(2)19-5-3-4-6-20(19)34-21)35(31,32)10-9-29-13-22(24,25)14-29/h3-8,11H,9-10,12-14H2,1-2H3. The zero-order valence-corrected chi connectivity index (χ0v) is 20.5. The zero-order chi connectivity index (χ0) is 25.6. The molecule has 2 aromatic carbocycles. The van der Waals surface area contributed by atoms with Gasteiger partial charge in [0.2, 0.25) is 10.0 Å². The number of thiophene rings is 1. The lowest BCUT2D eigenvalue weighted by molar-refractivity contribution is -0.274. The van der Waals surface area contributed by atoms with Crippen LogP contribution < -0.4 is 9.04 Å². The van der Waals surface area contributed by atoms with Gasteiger partial charge in [-0.15, -0.1) is 24.5 Å². The van der Waals surface area contributed by atoms with Crippen molar-refractivity contribution in [3.63, 3.8) is 0 Å². The van der Waals surface area contributed by atoms with E-state index in [1.807, 2.05) is 24.3 Å². The summed E-state index contributed by atoms with van der Waals surface area (Å²) >= 11 is 1.29. The predicted octanol–water partition coefficient (Wildman–Crippen LogP) is 5.70. The lowest BCUT2D eigenvalue weighted by Gasteiger charge is -2.38. The molecule has 0 saturated carbocycles. The van der Waals surface area contributed by atoms with Crippen LogP contribution in [0.1, 0.15) is 16.7 Å². The van der Waals surface area contributed by atoms with E-state index in [0.717, 1.165) is 21.7 Å². The molecule has 1 fully saturated rings. The molecular formula is C23H23F5N2O3S2. The molecule has 0 aliphatic carbocycles. The Labute approximate surface area is 203 Å². The van der Waals surface area contributed by atoms with Crippen LogP contribution >= 0.6 is 11.3 Å². The maximum Gasteiger partial charge on any atom is 0.573 e. The van der Waals surface area contributed by atoms with Crippen molar-refractivity contribution in [1.29, 1.82) is 0 Å². The van der Waals surface area contributed by atoms with Crippen LogP contribution in [0, 0.1) is 13.8 Å². The van der Waals surface area contributed by atoms with Crippen LogP contribution in [0.2, 0.25) is 0 Å². The molecule has 1 aliphatic rings. The predicted molar refractivity (Wildman–Crippen MR) is 126 cm³/mol. The number of benzene rings is 2. The molecule has 0 N–H and O–H groups in total. The smallest absolute Gasteiger partial charge is 0.406 e. The van der Waals surface area contributed by atoms with Crippen LogP contribution in [0.4, 0.5) is 27.0 Å². The number of sulfonamides is 1. The molecular weight excluding hydrogens is 511 g/mol. The van der Waals surface area contributed by atoms with Crippen molar-refractivity contribution < 1.29 is 35.1 Å². The van der Waals surface area contributed by atoms with Crippen LogP contribution in [0.5, 0.6) is 5.75 Å². The van der Waals surface area contributed by atoms with E-state index in [-0.39, 0.29) is 18.8 Å². The van der Waals surface area contributed by atoms with Gasteiger partial charge in [-0.2, -0.15) is 0 Å². The molecule has 12 heteroatoms. The van der Waals surface area contributed by atoms with Gasteiger partial charge in [-0.25, -0.2) is 17.2 Å². The first-order valence-electron chi connectivity index (χ1n) is 10.7. The molecule has 1 saturated heterocycles. The van der Waals surface area contributed by atoms with Crippen molar-refractivity contribution in [3.05, 3.63) is 59.2 Å². The molecule has 35 heavy (non-hydrogen) atoms. The number of aryl methyl sites for hydroxylation is 2. The number of ether oxygens (including phenoxy) is 1. The molecule has 2 heterocycles. The highest BCUT2D eigenvalue weighted by Crippen LogP contribution is 2.40. The van der Waals surface area contributed by atoms with Gasteiger partial charge in [-0.05, 0) is 54.1 Å². The number of hydrogen-bond donors (Lipinski definition) is 0. The maximum absolute atomic E-state index is 13.5. The number of fused-ring (bicyclic) bond motifs is 1. The van der Waals surface area contributed by atoms with E-state index in [1.54, 1.807) is 13.8 Å². The number of hydrogen-bond acceptors (Lipinski definition) is 5. The molecule has 1 aromatic heterocycles. The number of likely N-dealkylation sites (tertiary alicyclic amines) is 1. The van der Waals surface area contributed by atoms with Gasteiger partial charge in [0, 0.05) is 11.2 Å². The summed E-state index contributed by atoms with van der Waals surface area (Å²) in [4.78, 5) is 1.38. The Bertz CT molecular complexity index is 1330. The average Bonchev–Trinajstić information content (AvgIpc) is 3.05. The molecule has 5 nitrogen and oxygen atoms in total. The normalized spacial score (nSPS) is 16.3. The van der Waals surface area contributed by atoms with E-state index in [2.05, 4.69) is 4.74 Å². The zero-order valence-electron chi connectivity index (χ0n) is 18.9. The third-order valence-corrected chi connectivity index (χ3v) is 8.91. The Hall–Kier alpha value is -2.44. The van der Waals surface area contributed by atoms with Crippen LogP contribution in [-0.4, -0.2) is 51.0 Å². The number of alkyl halides is 5. The molecule has 0 unspecified atom stereocenters. The minimum Gasteiger partial charge on any atom is -0.406 e. The van der Waals surface area contributed by atoms with Crippen molar-refractivity contribution in [1.82, 2.24) is 4.90 Å². The van der Waals surface area contributed by atoms with Gasteiger partial charge in [0.15, 0.2) is 0 Å². The number of nitrogens with zero attached hydrogens (tertiary/aromatic N) is 2. The van der Waals surface area contributed by atoms with Crippen LogP contribution in [0.3, 0.4) is 0 Å². The van der Waals surface area contributed by atoms with Gasteiger partial charge in [-0.3, -0.25) is 9.21 Å². The van der Waals surface area contributed by atoms with Gasteiger partial charge in [0.1, 0.15) is 10.8 Å². The van der Waals surface area contributed by atoms with Gasteiger partial charge < -0.3 is 4.74 Å². The topological polar surface area (TPSA) is 49.9 Å². The fourth-order valence-electron chi connectivity index (χ4n) is 4.01. The third kappa shape index (κ3) is 5.87. The monoisotopic (exact) mass is 534 g/mol. The fourth-order valence-corrected chi connectivity index (χ4v) is 7.02. The van der Waals surface area contributed by atoms with Crippen LogP contribution in [-0.2, 0) is 16.6 Å². The summed E-state index contributed by atoms with van der Waals surface area (Å²) in [6.07, 6.45) is -4.84. The molecule has 190 valence electrons. The Morgan fingerprint density at radius 2 is 1.80 bits per heavy atom. The van der Waals surface area contributed by atoms with Crippen LogP contribution in [0.15, 0.2) is 42.5 Å². The highest BCUT2D eigenvalue weighted by molar-refractivity contribution is 7.93.